The van der Waals surface area contributed by atoms with Crippen LogP contribution in [0.4, 0.5) is 4.39 Å². The van der Waals surface area contributed by atoms with Crippen molar-refractivity contribution in [1.29, 1.82) is 0 Å². The summed E-state index contributed by atoms with van der Waals surface area (Å²) in [5.41, 5.74) is 1.48. The van der Waals surface area contributed by atoms with Crippen LogP contribution in [0, 0.1) is 5.82 Å². The second-order valence-corrected chi connectivity index (χ2v) is 6.87. The summed E-state index contributed by atoms with van der Waals surface area (Å²) in [7, 11) is -1.13. The zero-order valence-corrected chi connectivity index (χ0v) is 12.8. The maximum absolute atomic E-state index is 13.7. The van der Waals surface area contributed by atoms with Gasteiger partial charge in [-0.1, -0.05) is 48.0 Å². The van der Waals surface area contributed by atoms with E-state index < -0.39 is 10.8 Å². The van der Waals surface area contributed by atoms with E-state index in [1.165, 1.54) is 6.07 Å². The fourth-order valence-corrected chi connectivity index (χ4v) is 3.51. The van der Waals surface area contributed by atoms with Gasteiger partial charge in [0.2, 0.25) is 0 Å². The number of aryl methyl sites for hydroxylation is 1. The number of hydrogen-bond acceptors (Lipinski definition) is 1. The minimum atomic E-state index is -1.13. The first-order valence-corrected chi connectivity index (χ1v) is 8.20. The van der Waals surface area contributed by atoms with Crippen LogP contribution in [0.3, 0.4) is 0 Å². The van der Waals surface area contributed by atoms with E-state index in [0.29, 0.717) is 22.8 Å². The first-order valence-electron chi connectivity index (χ1n) is 6.44. The molecule has 0 aromatic heterocycles. The molecule has 20 heavy (non-hydrogen) atoms. The van der Waals surface area contributed by atoms with Gasteiger partial charge in [-0.15, -0.1) is 0 Å². The van der Waals surface area contributed by atoms with E-state index in [-0.39, 0.29) is 11.1 Å². The highest BCUT2D eigenvalue weighted by Gasteiger charge is 2.17. The lowest BCUT2D eigenvalue weighted by atomic mass is 10.1. The lowest BCUT2D eigenvalue weighted by molar-refractivity contribution is 0.606. The normalized spacial score (nSPS) is 13.9. The van der Waals surface area contributed by atoms with Crippen molar-refractivity contribution in [2.45, 2.75) is 18.6 Å². The van der Waals surface area contributed by atoms with Gasteiger partial charge in [0.1, 0.15) is 5.82 Å². The summed E-state index contributed by atoms with van der Waals surface area (Å²) in [6.07, 6.45) is 0.630. The van der Waals surface area contributed by atoms with Gasteiger partial charge >= 0.3 is 0 Å². The molecule has 106 valence electrons. The molecule has 0 aliphatic heterocycles. The molecule has 2 aromatic carbocycles. The average Bonchev–Trinajstić information content (AvgIpc) is 2.46. The zero-order chi connectivity index (χ0) is 14.5. The monoisotopic (exact) mass is 310 g/mol. The molecule has 0 amide bonds. The Bertz CT molecular complexity index is 615. The second kappa shape index (κ2) is 7.00. The van der Waals surface area contributed by atoms with Crippen LogP contribution in [-0.4, -0.2) is 9.96 Å². The lowest BCUT2D eigenvalue weighted by Crippen LogP contribution is -2.10. The number of hydrogen-bond donors (Lipinski definition) is 0. The lowest BCUT2D eigenvalue weighted by Gasteiger charge is -2.13. The van der Waals surface area contributed by atoms with Gasteiger partial charge in [-0.3, -0.25) is 4.21 Å². The molecule has 0 N–H and O–H groups in total. The third-order valence-electron chi connectivity index (χ3n) is 3.27. The molecule has 0 saturated carbocycles. The Hall–Kier alpha value is -1.19. The van der Waals surface area contributed by atoms with Crippen molar-refractivity contribution in [3.05, 3.63) is 70.5 Å². The van der Waals surface area contributed by atoms with E-state index in [1.807, 2.05) is 24.3 Å². The van der Waals surface area contributed by atoms with Gasteiger partial charge in [0.15, 0.2) is 0 Å². The molecule has 0 aliphatic carbocycles. The van der Waals surface area contributed by atoms with Crippen molar-refractivity contribution in [3.63, 3.8) is 0 Å². The van der Waals surface area contributed by atoms with Crippen molar-refractivity contribution >= 4 is 22.4 Å². The minimum absolute atomic E-state index is 0.300. The molecule has 2 atom stereocenters. The number of halogens is 2. The van der Waals surface area contributed by atoms with Gasteiger partial charge < -0.3 is 0 Å². The molecule has 0 bridgehead atoms. The van der Waals surface area contributed by atoms with E-state index in [2.05, 4.69) is 0 Å². The fourth-order valence-electron chi connectivity index (χ4n) is 2.03. The largest absolute Gasteiger partial charge is 0.259 e. The Morgan fingerprint density at radius 1 is 1.15 bits per heavy atom. The third kappa shape index (κ3) is 3.68. The Kier molecular flexibility index (Phi) is 5.32. The molecule has 0 spiro atoms. The summed E-state index contributed by atoms with van der Waals surface area (Å²) in [4.78, 5) is 0. The molecule has 1 nitrogen and oxygen atoms in total. The van der Waals surface area contributed by atoms with Crippen LogP contribution < -0.4 is 0 Å². The van der Waals surface area contributed by atoms with E-state index in [9.17, 15) is 8.60 Å². The van der Waals surface area contributed by atoms with Gasteiger partial charge in [-0.2, -0.15) is 0 Å². The van der Waals surface area contributed by atoms with Crippen LogP contribution in [0.15, 0.2) is 48.5 Å². The van der Waals surface area contributed by atoms with Crippen molar-refractivity contribution in [2.24, 2.45) is 0 Å². The molecule has 0 fully saturated rings. The van der Waals surface area contributed by atoms with Crippen LogP contribution >= 0.6 is 11.6 Å². The predicted octanol–water partition coefficient (Wildman–Crippen LogP) is 4.53. The van der Waals surface area contributed by atoms with Gasteiger partial charge in [0.05, 0.1) is 5.25 Å². The van der Waals surface area contributed by atoms with Gasteiger partial charge in [-0.05, 0) is 31.0 Å². The highest BCUT2D eigenvalue weighted by molar-refractivity contribution is 7.85. The third-order valence-corrected chi connectivity index (χ3v) is 5.29. The number of benzene rings is 2. The molecule has 0 saturated heterocycles. The van der Waals surface area contributed by atoms with Crippen molar-refractivity contribution in [3.8, 4) is 0 Å². The van der Waals surface area contributed by atoms with Crippen LogP contribution in [0.5, 0.6) is 0 Å². The molecule has 0 heterocycles. The van der Waals surface area contributed by atoms with E-state index >= 15 is 0 Å². The van der Waals surface area contributed by atoms with E-state index in [1.54, 1.807) is 25.1 Å². The SMILES string of the molecule is CC(c1ccccc1F)S(=O)CCc1ccccc1Cl. The highest BCUT2D eigenvalue weighted by Crippen LogP contribution is 2.23. The zero-order valence-electron chi connectivity index (χ0n) is 11.2. The fraction of sp³-hybridized carbons (Fsp3) is 0.250. The second-order valence-electron chi connectivity index (χ2n) is 4.59. The summed E-state index contributed by atoms with van der Waals surface area (Å²) in [6.45, 7) is 1.79. The Morgan fingerprint density at radius 2 is 1.80 bits per heavy atom. The van der Waals surface area contributed by atoms with Crippen molar-refractivity contribution in [2.75, 3.05) is 5.75 Å². The summed E-state index contributed by atoms with van der Waals surface area (Å²) in [5, 5.41) is 0.363. The van der Waals surface area contributed by atoms with Crippen LogP contribution in [-0.2, 0) is 17.2 Å². The molecule has 0 aliphatic rings. The predicted molar refractivity (Wildman–Crippen MR) is 83.0 cm³/mol. The standard InChI is InChI=1S/C16H16ClFOS/c1-12(14-7-3-5-9-16(14)18)20(19)11-10-13-6-2-4-8-15(13)17/h2-9,12H,10-11H2,1H3. The minimum Gasteiger partial charge on any atom is -0.259 e. The van der Waals surface area contributed by atoms with Crippen LogP contribution in [0.1, 0.15) is 23.3 Å². The van der Waals surface area contributed by atoms with Crippen molar-refractivity contribution < 1.29 is 8.60 Å². The topological polar surface area (TPSA) is 17.1 Å². The maximum atomic E-state index is 13.7. The Morgan fingerprint density at radius 3 is 2.50 bits per heavy atom. The molecule has 2 unspecified atom stereocenters. The quantitative estimate of drug-likeness (QED) is 0.793. The molecule has 0 radical (unpaired) electrons. The highest BCUT2D eigenvalue weighted by atomic mass is 35.5. The van der Waals surface area contributed by atoms with Gasteiger partial charge in [-0.25, -0.2) is 4.39 Å². The van der Waals surface area contributed by atoms with E-state index in [4.69, 9.17) is 11.6 Å². The molecular formula is C16H16ClFOS. The van der Waals surface area contributed by atoms with E-state index in [0.717, 1.165) is 5.56 Å². The van der Waals surface area contributed by atoms with Crippen molar-refractivity contribution in [1.82, 2.24) is 0 Å². The van der Waals surface area contributed by atoms with Gasteiger partial charge in [0.25, 0.3) is 0 Å². The molecule has 2 aromatic rings. The van der Waals surface area contributed by atoms with Gasteiger partial charge in [0, 0.05) is 27.1 Å². The van der Waals surface area contributed by atoms with Crippen LogP contribution in [0.25, 0.3) is 0 Å². The summed E-state index contributed by atoms with van der Waals surface area (Å²) in [6, 6.07) is 14.0. The Labute approximate surface area is 126 Å². The average molecular weight is 311 g/mol. The summed E-state index contributed by atoms with van der Waals surface area (Å²) < 4.78 is 26.0. The first-order chi connectivity index (χ1) is 9.59. The first kappa shape index (κ1) is 15.2. The smallest absolute Gasteiger partial charge is 0.127 e. The Balaban J connectivity index is 2.02. The number of rotatable bonds is 5. The molecule has 2 rings (SSSR count). The van der Waals surface area contributed by atoms with Crippen LogP contribution in [0.2, 0.25) is 5.02 Å². The summed E-state index contributed by atoms with van der Waals surface area (Å²) >= 11 is 6.07. The molecule has 4 heteroatoms. The summed E-state index contributed by atoms with van der Waals surface area (Å²) in [5.74, 6) is 0.172. The maximum Gasteiger partial charge on any atom is 0.127 e. The molecular weight excluding hydrogens is 295 g/mol.